The summed E-state index contributed by atoms with van der Waals surface area (Å²) in [5.41, 5.74) is 0.898. The molecule has 0 amide bonds. The zero-order valence-corrected chi connectivity index (χ0v) is 7.62. The molecule has 0 atom stereocenters. The van der Waals surface area contributed by atoms with Crippen molar-refractivity contribution in [3.8, 4) is 0 Å². The highest BCUT2D eigenvalue weighted by Gasteiger charge is 1.95. The number of carboxylic acid groups (broad SMARTS) is 1. The van der Waals surface area contributed by atoms with Gasteiger partial charge in [-0.2, -0.15) is 0 Å². The Morgan fingerprint density at radius 2 is 2.00 bits per heavy atom. The van der Waals surface area contributed by atoms with Gasteiger partial charge in [-0.3, -0.25) is 0 Å². The van der Waals surface area contributed by atoms with Crippen LogP contribution >= 0.6 is 11.6 Å². The van der Waals surface area contributed by atoms with Crippen LogP contribution in [0.4, 0.5) is 0 Å². The van der Waals surface area contributed by atoms with Crippen molar-refractivity contribution in [2.45, 2.75) is 0 Å². The fourth-order valence-electron chi connectivity index (χ4n) is 0.903. The van der Waals surface area contributed by atoms with Crippen molar-refractivity contribution in [3.05, 3.63) is 41.5 Å². The zero-order valence-electron chi connectivity index (χ0n) is 6.87. The van der Waals surface area contributed by atoms with Crippen LogP contribution in [-0.4, -0.2) is 11.8 Å². The monoisotopic (exact) mass is 195 g/mol. The number of halogens is 1. The summed E-state index contributed by atoms with van der Waals surface area (Å²) < 4.78 is 0. The van der Waals surface area contributed by atoms with E-state index in [-0.39, 0.29) is 11.5 Å². The molecule has 0 aliphatic carbocycles. The van der Waals surface area contributed by atoms with Crippen molar-refractivity contribution in [1.82, 2.24) is 0 Å². The average molecular weight is 196 g/mol. The fraction of sp³-hybridized carbons (Fsp3) is 0.100. The smallest absolute Gasteiger partial charge is 0.0687 e. The van der Waals surface area contributed by atoms with Gasteiger partial charge < -0.3 is 9.90 Å². The predicted octanol–water partition coefficient (Wildman–Crippen LogP) is 1.06. The Labute approximate surface area is 81.5 Å². The third kappa shape index (κ3) is 2.92. The number of alkyl halides is 1. The lowest BCUT2D eigenvalue weighted by molar-refractivity contribution is -0.299. The molecule has 2 nitrogen and oxygen atoms in total. The summed E-state index contributed by atoms with van der Waals surface area (Å²) >= 11 is 5.42. The van der Waals surface area contributed by atoms with Crippen LogP contribution in [-0.2, 0) is 4.79 Å². The number of carbonyl (C=O) groups is 1. The van der Waals surface area contributed by atoms with Crippen LogP contribution in [0.1, 0.15) is 5.56 Å². The van der Waals surface area contributed by atoms with Crippen LogP contribution in [0.25, 0.3) is 6.08 Å². The minimum atomic E-state index is -1.22. The SMILES string of the molecule is O=C([O-])/C(=C/c1ccccc1)CCl. The van der Waals surface area contributed by atoms with E-state index < -0.39 is 5.97 Å². The van der Waals surface area contributed by atoms with Gasteiger partial charge in [0.05, 0.1) is 5.97 Å². The van der Waals surface area contributed by atoms with E-state index in [1.54, 1.807) is 12.1 Å². The molecule has 0 saturated carbocycles. The first kappa shape index (κ1) is 9.81. The molecule has 0 N–H and O–H groups in total. The number of hydrogen-bond acceptors (Lipinski definition) is 2. The second kappa shape index (κ2) is 4.67. The molecule has 1 aromatic carbocycles. The summed E-state index contributed by atoms with van der Waals surface area (Å²) in [6, 6.07) is 9.11. The van der Waals surface area contributed by atoms with E-state index in [1.165, 1.54) is 6.08 Å². The van der Waals surface area contributed by atoms with Crippen LogP contribution < -0.4 is 5.11 Å². The molecule has 0 saturated heterocycles. The summed E-state index contributed by atoms with van der Waals surface area (Å²) in [5.74, 6) is -1.27. The highest BCUT2D eigenvalue weighted by Crippen LogP contribution is 2.06. The molecule has 13 heavy (non-hydrogen) atoms. The lowest BCUT2D eigenvalue weighted by Crippen LogP contribution is -2.25. The molecule has 0 unspecified atom stereocenters. The first-order valence-corrected chi connectivity index (χ1v) is 4.30. The van der Waals surface area contributed by atoms with Crippen LogP contribution in [0.5, 0.6) is 0 Å². The van der Waals surface area contributed by atoms with Gasteiger partial charge in [0.25, 0.3) is 0 Å². The van der Waals surface area contributed by atoms with Crippen LogP contribution in [0, 0.1) is 0 Å². The second-order valence-electron chi connectivity index (χ2n) is 2.50. The molecule has 0 aliphatic rings. The number of carbonyl (C=O) groups excluding carboxylic acids is 1. The van der Waals surface area contributed by atoms with Crippen molar-refractivity contribution < 1.29 is 9.90 Å². The lowest BCUT2D eigenvalue weighted by Gasteiger charge is -2.03. The Morgan fingerprint density at radius 3 is 2.46 bits per heavy atom. The number of benzene rings is 1. The number of rotatable bonds is 3. The van der Waals surface area contributed by atoms with Gasteiger partial charge in [0, 0.05) is 5.88 Å². The van der Waals surface area contributed by atoms with Crippen LogP contribution in [0.3, 0.4) is 0 Å². The molecular formula is C10H8ClO2-. The fourth-order valence-corrected chi connectivity index (χ4v) is 1.09. The van der Waals surface area contributed by atoms with Crippen molar-refractivity contribution in [2.75, 3.05) is 5.88 Å². The molecule has 0 aromatic heterocycles. The van der Waals surface area contributed by atoms with Crippen molar-refractivity contribution in [2.24, 2.45) is 0 Å². The maximum Gasteiger partial charge on any atom is 0.0687 e. The lowest BCUT2D eigenvalue weighted by atomic mass is 10.1. The van der Waals surface area contributed by atoms with Gasteiger partial charge in [-0.05, 0) is 17.2 Å². The topological polar surface area (TPSA) is 40.1 Å². The van der Waals surface area contributed by atoms with E-state index in [9.17, 15) is 9.90 Å². The summed E-state index contributed by atoms with van der Waals surface area (Å²) in [4.78, 5) is 10.5. The van der Waals surface area contributed by atoms with Gasteiger partial charge in [-0.25, -0.2) is 0 Å². The van der Waals surface area contributed by atoms with Gasteiger partial charge in [0.2, 0.25) is 0 Å². The highest BCUT2D eigenvalue weighted by molar-refractivity contribution is 6.22. The molecule has 0 radical (unpaired) electrons. The van der Waals surface area contributed by atoms with Gasteiger partial charge in [-0.1, -0.05) is 30.3 Å². The predicted molar refractivity (Wildman–Crippen MR) is 50.1 cm³/mol. The van der Waals surface area contributed by atoms with Gasteiger partial charge in [0.1, 0.15) is 0 Å². The molecule has 0 bridgehead atoms. The molecular weight excluding hydrogens is 188 g/mol. The van der Waals surface area contributed by atoms with Crippen LogP contribution in [0.15, 0.2) is 35.9 Å². The Hall–Kier alpha value is -1.28. The molecule has 68 valence electrons. The van der Waals surface area contributed by atoms with Crippen LogP contribution in [0.2, 0.25) is 0 Å². The van der Waals surface area contributed by atoms with E-state index >= 15 is 0 Å². The Kier molecular flexibility index (Phi) is 3.53. The average Bonchev–Trinajstić information content (AvgIpc) is 2.15. The molecule has 0 spiro atoms. The number of hydrogen-bond donors (Lipinski definition) is 0. The maximum atomic E-state index is 10.5. The standard InChI is InChI=1S/C10H9ClO2/c11-7-9(10(12)13)6-8-4-2-1-3-5-8/h1-6H,7H2,(H,12,13)/p-1/b9-6+. The van der Waals surface area contributed by atoms with Crippen molar-refractivity contribution in [3.63, 3.8) is 0 Å². The first-order valence-electron chi connectivity index (χ1n) is 3.77. The van der Waals surface area contributed by atoms with Gasteiger partial charge in [-0.15, -0.1) is 11.6 Å². The summed E-state index contributed by atoms with van der Waals surface area (Å²) in [7, 11) is 0. The molecule has 0 aliphatic heterocycles. The largest absolute Gasteiger partial charge is 0.545 e. The van der Waals surface area contributed by atoms with E-state index in [4.69, 9.17) is 11.6 Å². The van der Waals surface area contributed by atoms with E-state index in [2.05, 4.69) is 0 Å². The first-order chi connectivity index (χ1) is 6.24. The van der Waals surface area contributed by atoms with Gasteiger partial charge in [0.15, 0.2) is 0 Å². The Bertz CT molecular complexity index is 317. The quantitative estimate of drug-likeness (QED) is 0.535. The van der Waals surface area contributed by atoms with E-state index in [0.29, 0.717) is 0 Å². The summed E-state index contributed by atoms with van der Waals surface area (Å²) in [6.07, 6.45) is 1.50. The third-order valence-electron chi connectivity index (χ3n) is 1.55. The normalized spacial score (nSPS) is 11.3. The minimum absolute atomic E-state index is 0.0444. The zero-order chi connectivity index (χ0) is 9.68. The molecule has 1 aromatic rings. The summed E-state index contributed by atoms with van der Waals surface area (Å²) in [5, 5.41) is 10.5. The van der Waals surface area contributed by atoms with E-state index in [1.807, 2.05) is 18.2 Å². The van der Waals surface area contributed by atoms with Crippen molar-refractivity contribution in [1.29, 1.82) is 0 Å². The van der Waals surface area contributed by atoms with Gasteiger partial charge >= 0.3 is 0 Å². The molecule has 0 fully saturated rings. The highest BCUT2D eigenvalue weighted by atomic mass is 35.5. The minimum Gasteiger partial charge on any atom is -0.545 e. The Balaban J connectivity index is 2.92. The third-order valence-corrected chi connectivity index (χ3v) is 1.83. The number of carboxylic acids is 1. The van der Waals surface area contributed by atoms with Crippen molar-refractivity contribution >= 4 is 23.6 Å². The maximum absolute atomic E-state index is 10.5. The summed E-state index contributed by atoms with van der Waals surface area (Å²) in [6.45, 7) is 0. The number of aliphatic carboxylic acids is 1. The molecule has 3 heteroatoms. The Morgan fingerprint density at radius 1 is 1.38 bits per heavy atom. The van der Waals surface area contributed by atoms with E-state index in [0.717, 1.165) is 5.56 Å². The molecule has 0 heterocycles. The second-order valence-corrected chi connectivity index (χ2v) is 2.77. The molecule has 1 rings (SSSR count).